The largest absolute Gasteiger partial charge is 0.355 e. The molecule has 0 aromatic heterocycles. The predicted octanol–water partition coefficient (Wildman–Crippen LogP) is 0.228. The molecule has 0 radical (unpaired) electrons. The molecule has 12 heavy (non-hydrogen) atoms. The predicted molar refractivity (Wildman–Crippen MR) is 43.6 cm³/mol. The molecule has 1 aliphatic heterocycles. The fraction of sp³-hybridized carbons (Fsp3) is 0.875. The van der Waals surface area contributed by atoms with Gasteiger partial charge in [-0.15, -0.1) is 0 Å². The second-order valence-corrected chi connectivity index (χ2v) is 3.10. The van der Waals surface area contributed by atoms with Gasteiger partial charge in [0.1, 0.15) is 6.79 Å². The van der Waals surface area contributed by atoms with E-state index in [4.69, 9.17) is 9.47 Å². The Hall–Kier alpha value is -0.610. The van der Waals surface area contributed by atoms with E-state index in [1.54, 1.807) is 19.0 Å². The number of amides is 1. The average Bonchev–Trinajstić information content (AvgIpc) is 2.06. The van der Waals surface area contributed by atoms with Crippen LogP contribution in [0.15, 0.2) is 0 Å². The molecule has 4 heteroatoms. The summed E-state index contributed by atoms with van der Waals surface area (Å²) in [5.74, 6) is 0.113. The maximum absolute atomic E-state index is 11.2. The lowest BCUT2D eigenvalue weighted by atomic mass is 10.1. The van der Waals surface area contributed by atoms with Gasteiger partial charge in [0.15, 0.2) is 0 Å². The minimum atomic E-state index is 0.0497. The molecule has 1 atom stereocenters. The van der Waals surface area contributed by atoms with Crippen LogP contribution >= 0.6 is 0 Å². The SMILES string of the molecule is CN(C)C(=O)CC1CCOCO1. The van der Waals surface area contributed by atoms with Crippen LogP contribution in [0.3, 0.4) is 0 Å². The third kappa shape index (κ3) is 2.79. The van der Waals surface area contributed by atoms with Gasteiger partial charge < -0.3 is 14.4 Å². The van der Waals surface area contributed by atoms with Crippen LogP contribution in [0.25, 0.3) is 0 Å². The highest BCUT2D eigenvalue weighted by molar-refractivity contribution is 5.76. The number of hydrogen-bond donors (Lipinski definition) is 0. The van der Waals surface area contributed by atoms with E-state index in [1.165, 1.54) is 0 Å². The Kier molecular flexibility index (Phi) is 3.49. The molecule has 0 aromatic carbocycles. The summed E-state index contributed by atoms with van der Waals surface area (Å²) in [6, 6.07) is 0. The summed E-state index contributed by atoms with van der Waals surface area (Å²) in [5.41, 5.74) is 0. The molecular weight excluding hydrogens is 158 g/mol. The number of ether oxygens (including phenoxy) is 2. The van der Waals surface area contributed by atoms with E-state index in [0.717, 1.165) is 6.42 Å². The Balaban J connectivity index is 2.24. The number of carbonyl (C=O) groups excluding carboxylic acids is 1. The van der Waals surface area contributed by atoms with E-state index < -0.39 is 0 Å². The maximum Gasteiger partial charge on any atom is 0.224 e. The molecule has 1 aliphatic rings. The Morgan fingerprint density at radius 1 is 1.58 bits per heavy atom. The monoisotopic (exact) mass is 173 g/mol. The zero-order chi connectivity index (χ0) is 8.97. The highest BCUT2D eigenvalue weighted by atomic mass is 16.7. The average molecular weight is 173 g/mol. The van der Waals surface area contributed by atoms with E-state index in [2.05, 4.69) is 0 Å². The van der Waals surface area contributed by atoms with Crippen LogP contribution in [-0.4, -0.2) is 44.4 Å². The van der Waals surface area contributed by atoms with Gasteiger partial charge in [0, 0.05) is 14.1 Å². The quantitative estimate of drug-likeness (QED) is 0.600. The third-order valence-corrected chi connectivity index (χ3v) is 1.87. The van der Waals surface area contributed by atoms with Crippen LogP contribution in [0.2, 0.25) is 0 Å². The Labute approximate surface area is 72.4 Å². The van der Waals surface area contributed by atoms with Gasteiger partial charge in [0.05, 0.1) is 19.1 Å². The van der Waals surface area contributed by atoms with Crippen LogP contribution in [0.4, 0.5) is 0 Å². The molecule has 1 saturated heterocycles. The zero-order valence-corrected chi connectivity index (χ0v) is 7.58. The molecular formula is C8H15NO3. The van der Waals surface area contributed by atoms with Crippen molar-refractivity contribution in [1.82, 2.24) is 4.90 Å². The van der Waals surface area contributed by atoms with Crippen LogP contribution in [-0.2, 0) is 14.3 Å². The second kappa shape index (κ2) is 4.42. The molecule has 0 bridgehead atoms. The third-order valence-electron chi connectivity index (χ3n) is 1.87. The molecule has 70 valence electrons. The van der Waals surface area contributed by atoms with Crippen LogP contribution in [0.5, 0.6) is 0 Å². The summed E-state index contributed by atoms with van der Waals surface area (Å²) >= 11 is 0. The Bertz CT molecular complexity index is 152. The van der Waals surface area contributed by atoms with Gasteiger partial charge in [-0.05, 0) is 6.42 Å². The fourth-order valence-electron chi connectivity index (χ4n) is 1.04. The van der Waals surface area contributed by atoms with E-state index in [0.29, 0.717) is 19.8 Å². The van der Waals surface area contributed by atoms with Crippen molar-refractivity contribution in [1.29, 1.82) is 0 Å². The van der Waals surface area contributed by atoms with Gasteiger partial charge in [0.25, 0.3) is 0 Å². The molecule has 1 amide bonds. The van der Waals surface area contributed by atoms with Crippen molar-refractivity contribution >= 4 is 5.91 Å². The van der Waals surface area contributed by atoms with E-state index in [9.17, 15) is 4.79 Å². The van der Waals surface area contributed by atoms with Crippen molar-refractivity contribution < 1.29 is 14.3 Å². The lowest BCUT2D eigenvalue weighted by molar-refractivity contribution is -0.153. The second-order valence-electron chi connectivity index (χ2n) is 3.10. The molecule has 1 heterocycles. The number of carbonyl (C=O) groups is 1. The van der Waals surface area contributed by atoms with Crippen molar-refractivity contribution in [2.75, 3.05) is 27.5 Å². The first-order chi connectivity index (χ1) is 5.70. The molecule has 1 unspecified atom stereocenters. The summed E-state index contributed by atoms with van der Waals surface area (Å²) in [7, 11) is 3.50. The smallest absolute Gasteiger partial charge is 0.224 e. The van der Waals surface area contributed by atoms with Crippen molar-refractivity contribution in [2.24, 2.45) is 0 Å². The standard InChI is InChI=1S/C8H15NO3/c1-9(2)8(10)5-7-3-4-11-6-12-7/h7H,3-6H2,1-2H3. The van der Waals surface area contributed by atoms with Crippen LogP contribution in [0.1, 0.15) is 12.8 Å². The van der Waals surface area contributed by atoms with Gasteiger partial charge in [-0.3, -0.25) is 4.79 Å². The van der Waals surface area contributed by atoms with Crippen molar-refractivity contribution in [3.63, 3.8) is 0 Å². The molecule has 0 N–H and O–H groups in total. The van der Waals surface area contributed by atoms with Gasteiger partial charge in [-0.1, -0.05) is 0 Å². The molecule has 0 aromatic rings. The molecule has 4 nitrogen and oxygen atoms in total. The number of rotatable bonds is 2. The summed E-state index contributed by atoms with van der Waals surface area (Å²) in [6.45, 7) is 1.02. The van der Waals surface area contributed by atoms with Gasteiger partial charge in [-0.2, -0.15) is 0 Å². The molecule has 0 aliphatic carbocycles. The minimum Gasteiger partial charge on any atom is -0.355 e. The molecule has 0 saturated carbocycles. The number of nitrogens with zero attached hydrogens (tertiary/aromatic N) is 1. The first-order valence-electron chi connectivity index (χ1n) is 4.09. The zero-order valence-electron chi connectivity index (χ0n) is 7.58. The van der Waals surface area contributed by atoms with Gasteiger partial charge >= 0.3 is 0 Å². The first-order valence-corrected chi connectivity index (χ1v) is 4.09. The Morgan fingerprint density at radius 2 is 2.33 bits per heavy atom. The molecule has 1 fully saturated rings. The summed E-state index contributed by atoms with van der Waals surface area (Å²) < 4.78 is 10.2. The molecule has 1 rings (SSSR count). The topological polar surface area (TPSA) is 38.8 Å². The molecule has 0 spiro atoms. The lowest BCUT2D eigenvalue weighted by Gasteiger charge is -2.23. The van der Waals surface area contributed by atoms with E-state index in [1.807, 2.05) is 0 Å². The lowest BCUT2D eigenvalue weighted by Crippen LogP contribution is -2.31. The minimum absolute atomic E-state index is 0.0497. The van der Waals surface area contributed by atoms with E-state index >= 15 is 0 Å². The van der Waals surface area contributed by atoms with Crippen LogP contribution in [0, 0.1) is 0 Å². The fourth-order valence-corrected chi connectivity index (χ4v) is 1.04. The maximum atomic E-state index is 11.2. The highest BCUT2D eigenvalue weighted by Crippen LogP contribution is 2.10. The Morgan fingerprint density at radius 3 is 2.83 bits per heavy atom. The summed E-state index contributed by atoms with van der Waals surface area (Å²) in [6.07, 6.45) is 1.34. The number of hydrogen-bond acceptors (Lipinski definition) is 3. The van der Waals surface area contributed by atoms with Crippen LogP contribution < -0.4 is 0 Å². The van der Waals surface area contributed by atoms with Crippen molar-refractivity contribution in [3.05, 3.63) is 0 Å². The van der Waals surface area contributed by atoms with Crippen molar-refractivity contribution in [3.8, 4) is 0 Å². The van der Waals surface area contributed by atoms with Gasteiger partial charge in [-0.25, -0.2) is 0 Å². The van der Waals surface area contributed by atoms with Crippen molar-refractivity contribution in [2.45, 2.75) is 18.9 Å². The highest BCUT2D eigenvalue weighted by Gasteiger charge is 2.18. The summed E-state index contributed by atoms with van der Waals surface area (Å²) in [4.78, 5) is 12.8. The first kappa shape index (κ1) is 9.48. The van der Waals surface area contributed by atoms with Gasteiger partial charge in [0.2, 0.25) is 5.91 Å². The summed E-state index contributed by atoms with van der Waals surface area (Å²) in [5, 5.41) is 0. The normalized spacial score (nSPS) is 23.7. The van der Waals surface area contributed by atoms with E-state index in [-0.39, 0.29) is 12.0 Å².